The van der Waals surface area contributed by atoms with E-state index in [0.717, 1.165) is 30.6 Å². The lowest BCUT2D eigenvalue weighted by molar-refractivity contribution is 0.356. The van der Waals surface area contributed by atoms with Crippen molar-refractivity contribution in [3.05, 3.63) is 51.7 Å². The molecule has 29 heavy (non-hydrogen) atoms. The molecule has 1 fully saturated rings. The van der Waals surface area contributed by atoms with E-state index < -0.39 is 0 Å². The lowest BCUT2D eigenvalue weighted by Gasteiger charge is -2.30. The number of hydrogen-bond acceptors (Lipinski definition) is 4. The van der Waals surface area contributed by atoms with E-state index in [1.807, 2.05) is 0 Å². The summed E-state index contributed by atoms with van der Waals surface area (Å²) in [6.45, 7) is 3.49. The minimum Gasteiger partial charge on any atom is -0.338 e. The average molecular weight is 397 g/mol. The molecule has 3 aromatic rings. The van der Waals surface area contributed by atoms with E-state index in [0.29, 0.717) is 29.4 Å². The number of nitrogens with one attached hydrogen (secondary N) is 2. The van der Waals surface area contributed by atoms with Crippen LogP contribution >= 0.6 is 0 Å². The highest BCUT2D eigenvalue weighted by molar-refractivity contribution is 5.77. The molecule has 0 saturated heterocycles. The Labute approximate surface area is 169 Å². The van der Waals surface area contributed by atoms with E-state index in [1.54, 1.807) is 12.1 Å². The van der Waals surface area contributed by atoms with E-state index in [9.17, 15) is 9.18 Å². The molecule has 2 aromatic heterocycles. The van der Waals surface area contributed by atoms with Gasteiger partial charge in [0.05, 0.1) is 5.69 Å². The van der Waals surface area contributed by atoms with Crippen LogP contribution in [0.1, 0.15) is 56.7 Å². The fraction of sp³-hybridized carbons (Fsp3) is 0.500. The first kappa shape index (κ1) is 19.6. The second-order valence-electron chi connectivity index (χ2n) is 8.05. The van der Waals surface area contributed by atoms with Gasteiger partial charge in [-0.05, 0) is 42.9 Å². The molecule has 0 aliphatic heterocycles. The Morgan fingerprint density at radius 2 is 1.90 bits per heavy atom. The number of aromatic nitrogens is 4. The van der Waals surface area contributed by atoms with Crippen molar-refractivity contribution in [3.8, 4) is 0 Å². The zero-order valence-corrected chi connectivity index (χ0v) is 16.9. The first-order chi connectivity index (χ1) is 14.1. The number of H-pyrrole nitrogens is 2. The van der Waals surface area contributed by atoms with Crippen LogP contribution in [0.4, 0.5) is 10.3 Å². The molecular formula is C22H28FN5O. The van der Waals surface area contributed by atoms with Crippen LogP contribution in [0, 0.1) is 11.7 Å². The second-order valence-corrected chi connectivity index (χ2v) is 8.05. The van der Waals surface area contributed by atoms with Gasteiger partial charge < -0.3 is 4.90 Å². The van der Waals surface area contributed by atoms with Crippen molar-refractivity contribution in [3.63, 3.8) is 0 Å². The van der Waals surface area contributed by atoms with Crippen LogP contribution < -0.4 is 10.5 Å². The molecule has 0 radical (unpaired) electrons. The maximum atomic E-state index is 13.3. The smallest absolute Gasteiger partial charge is 0.280 e. The number of fused-ring (bicyclic) bond motifs is 1. The monoisotopic (exact) mass is 397 g/mol. The molecule has 2 heterocycles. The molecule has 0 unspecified atom stereocenters. The third-order valence-corrected chi connectivity index (χ3v) is 5.76. The lowest BCUT2D eigenvalue weighted by Crippen LogP contribution is -2.33. The van der Waals surface area contributed by atoms with Gasteiger partial charge in [-0.25, -0.2) is 9.37 Å². The van der Waals surface area contributed by atoms with Gasteiger partial charge in [-0.3, -0.25) is 14.9 Å². The van der Waals surface area contributed by atoms with Crippen LogP contribution in [-0.4, -0.2) is 26.7 Å². The van der Waals surface area contributed by atoms with E-state index in [2.05, 4.69) is 27.0 Å². The summed E-state index contributed by atoms with van der Waals surface area (Å²) in [6.07, 6.45) is 7.93. The van der Waals surface area contributed by atoms with Gasteiger partial charge in [0, 0.05) is 13.1 Å². The van der Waals surface area contributed by atoms with Crippen LogP contribution in [0.5, 0.6) is 0 Å². The van der Waals surface area contributed by atoms with Crippen LogP contribution in [0.2, 0.25) is 0 Å². The number of anilines is 1. The maximum Gasteiger partial charge on any atom is 0.280 e. The summed E-state index contributed by atoms with van der Waals surface area (Å²) in [5.41, 5.74) is 2.67. The van der Waals surface area contributed by atoms with Crippen molar-refractivity contribution in [2.75, 3.05) is 11.4 Å². The molecule has 0 atom stereocenters. The molecule has 154 valence electrons. The quantitative estimate of drug-likeness (QED) is 0.622. The second kappa shape index (κ2) is 8.76. The molecule has 1 aromatic carbocycles. The van der Waals surface area contributed by atoms with Gasteiger partial charge in [0.15, 0.2) is 5.52 Å². The number of halogens is 1. The largest absolute Gasteiger partial charge is 0.338 e. The summed E-state index contributed by atoms with van der Waals surface area (Å²) in [4.78, 5) is 22.5. The third-order valence-electron chi connectivity index (χ3n) is 5.76. The molecule has 4 rings (SSSR count). The molecule has 2 N–H and O–H groups in total. The Bertz CT molecular complexity index is 1000. The first-order valence-electron chi connectivity index (χ1n) is 10.6. The van der Waals surface area contributed by atoms with Gasteiger partial charge in [-0.15, -0.1) is 0 Å². The Kier molecular flexibility index (Phi) is 5.92. The van der Waals surface area contributed by atoms with Crippen molar-refractivity contribution in [1.82, 2.24) is 20.2 Å². The molecule has 0 amide bonds. The SMILES string of the molecule is CCCc1[nH]nc2c(=O)[nH]c(N(Cc3ccc(F)cc3)CC3CCCCC3)nc12. The molecule has 7 heteroatoms. The normalized spacial score (nSPS) is 15.1. The van der Waals surface area contributed by atoms with Gasteiger partial charge in [0.1, 0.15) is 11.3 Å². The van der Waals surface area contributed by atoms with E-state index in [1.165, 1.54) is 44.2 Å². The number of aromatic amines is 2. The molecule has 1 aliphatic carbocycles. The van der Waals surface area contributed by atoms with Crippen molar-refractivity contribution in [2.45, 2.75) is 58.4 Å². The Morgan fingerprint density at radius 3 is 2.62 bits per heavy atom. The van der Waals surface area contributed by atoms with Gasteiger partial charge >= 0.3 is 0 Å². The standard InChI is InChI=1S/C22H28FN5O/c1-2-6-18-19-20(27-26-18)21(29)25-22(24-19)28(13-15-7-4-3-5-8-15)14-16-9-11-17(23)12-10-16/h9-12,15H,2-8,13-14H2,1H3,(H,26,27)(H,24,25,29). The molecule has 1 saturated carbocycles. The number of rotatable bonds is 7. The zero-order chi connectivity index (χ0) is 20.2. The summed E-state index contributed by atoms with van der Waals surface area (Å²) in [6, 6.07) is 6.53. The summed E-state index contributed by atoms with van der Waals surface area (Å²) in [7, 11) is 0. The number of benzene rings is 1. The van der Waals surface area contributed by atoms with Gasteiger partial charge in [-0.1, -0.05) is 44.7 Å². The van der Waals surface area contributed by atoms with E-state index in [-0.39, 0.29) is 11.4 Å². The Balaban J connectivity index is 1.69. The Morgan fingerprint density at radius 1 is 1.14 bits per heavy atom. The maximum absolute atomic E-state index is 13.3. The highest BCUT2D eigenvalue weighted by atomic mass is 19.1. The van der Waals surface area contributed by atoms with Crippen LogP contribution in [0.25, 0.3) is 11.0 Å². The topological polar surface area (TPSA) is 77.7 Å². The minimum absolute atomic E-state index is 0.226. The summed E-state index contributed by atoms with van der Waals surface area (Å²) in [5, 5.41) is 7.12. The number of hydrogen-bond donors (Lipinski definition) is 2. The predicted octanol–water partition coefficient (Wildman–Crippen LogP) is 4.32. The summed E-state index contributed by atoms with van der Waals surface area (Å²) >= 11 is 0. The summed E-state index contributed by atoms with van der Waals surface area (Å²) < 4.78 is 13.3. The van der Waals surface area contributed by atoms with Crippen molar-refractivity contribution < 1.29 is 4.39 Å². The Hall–Kier alpha value is -2.70. The predicted molar refractivity (Wildman–Crippen MR) is 113 cm³/mol. The number of nitrogens with zero attached hydrogens (tertiary/aromatic N) is 3. The first-order valence-corrected chi connectivity index (χ1v) is 10.6. The van der Waals surface area contributed by atoms with E-state index >= 15 is 0 Å². The van der Waals surface area contributed by atoms with Crippen molar-refractivity contribution in [1.29, 1.82) is 0 Å². The fourth-order valence-corrected chi connectivity index (χ4v) is 4.24. The molecule has 1 aliphatic rings. The lowest BCUT2D eigenvalue weighted by atomic mass is 9.89. The molecule has 0 bridgehead atoms. The molecule has 6 nitrogen and oxygen atoms in total. The minimum atomic E-state index is -0.247. The molecule has 0 spiro atoms. The van der Waals surface area contributed by atoms with Crippen LogP contribution in [0.15, 0.2) is 29.1 Å². The van der Waals surface area contributed by atoms with Gasteiger partial charge in [0.2, 0.25) is 5.95 Å². The van der Waals surface area contributed by atoms with Crippen LogP contribution in [-0.2, 0) is 13.0 Å². The van der Waals surface area contributed by atoms with Crippen molar-refractivity contribution >= 4 is 17.0 Å². The average Bonchev–Trinajstić information content (AvgIpc) is 3.14. The van der Waals surface area contributed by atoms with E-state index in [4.69, 9.17) is 4.98 Å². The number of aryl methyl sites for hydroxylation is 1. The van der Waals surface area contributed by atoms with Gasteiger partial charge in [0.25, 0.3) is 5.56 Å². The summed E-state index contributed by atoms with van der Waals surface area (Å²) in [5.74, 6) is 0.893. The highest BCUT2D eigenvalue weighted by Gasteiger charge is 2.21. The van der Waals surface area contributed by atoms with Gasteiger partial charge in [-0.2, -0.15) is 5.10 Å². The van der Waals surface area contributed by atoms with Crippen LogP contribution in [0.3, 0.4) is 0 Å². The highest BCUT2D eigenvalue weighted by Crippen LogP contribution is 2.27. The molecular weight excluding hydrogens is 369 g/mol. The third kappa shape index (κ3) is 4.49. The van der Waals surface area contributed by atoms with Crippen molar-refractivity contribution in [2.24, 2.45) is 5.92 Å². The fourth-order valence-electron chi connectivity index (χ4n) is 4.24. The zero-order valence-electron chi connectivity index (χ0n) is 16.9.